The van der Waals surface area contributed by atoms with Crippen LogP contribution < -0.4 is 15.4 Å². The van der Waals surface area contributed by atoms with Crippen molar-refractivity contribution in [3.63, 3.8) is 0 Å². The molecule has 0 unspecified atom stereocenters. The molecule has 3 N–H and O–H groups in total. The molecule has 0 saturated heterocycles. The van der Waals surface area contributed by atoms with E-state index in [1.54, 1.807) is 19.2 Å². The van der Waals surface area contributed by atoms with E-state index in [1.165, 1.54) is 5.57 Å². The fraction of sp³-hybridized carbons (Fsp3) is 0.333. The van der Waals surface area contributed by atoms with Crippen molar-refractivity contribution in [3.05, 3.63) is 89.0 Å². The van der Waals surface area contributed by atoms with Crippen LogP contribution in [0.2, 0.25) is 0 Å². The molecule has 1 aliphatic rings. The highest BCUT2D eigenvalue weighted by Crippen LogP contribution is 2.15. The zero-order valence-electron chi connectivity index (χ0n) is 19.0. The lowest BCUT2D eigenvalue weighted by Crippen LogP contribution is -2.38. The number of benzene rings is 2. The summed E-state index contributed by atoms with van der Waals surface area (Å²) in [7, 11) is 1.61. The van der Waals surface area contributed by atoms with Gasteiger partial charge in [0.2, 0.25) is 0 Å². The van der Waals surface area contributed by atoms with Gasteiger partial charge in [0, 0.05) is 18.7 Å². The molecule has 0 bridgehead atoms. The maximum Gasteiger partial charge on any atom is 0.321 e. The number of rotatable bonds is 12. The van der Waals surface area contributed by atoms with E-state index < -0.39 is 12.0 Å². The third-order valence-corrected chi connectivity index (χ3v) is 5.67. The van der Waals surface area contributed by atoms with Crippen molar-refractivity contribution in [2.24, 2.45) is 0 Å². The Morgan fingerprint density at radius 1 is 1.03 bits per heavy atom. The Balaban J connectivity index is 1.45. The lowest BCUT2D eigenvalue weighted by atomic mass is 10.0. The molecule has 2 aromatic rings. The second-order valence-corrected chi connectivity index (χ2v) is 8.14. The Kier molecular flexibility index (Phi) is 9.27. The quantitative estimate of drug-likeness (QED) is 0.422. The van der Waals surface area contributed by atoms with E-state index >= 15 is 0 Å². The average molecular weight is 449 g/mol. The molecule has 0 aliphatic heterocycles. The highest BCUT2D eigenvalue weighted by atomic mass is 16.5. The highest BCUT2D eigenvalue weighted by Gasteiger charge is 2.17. The minimum Gasteiger partial charge on any atom is -0.497 e. The molecule has 2 aromatic carbocycles. The van der Waals surface area contributed by atoms with Gasteiger partial charge in [-0.25, -0.2) is 0 Å². The van der Waals surface area contributed by atoms with Crippen LogP contribution in [0.5, 0.6) is 5.75 Å². The molecule has 1 atom stereocenters. The van der Waals surface area contributed by atoms with E-state index in [9.17, 15) is 14.7 Å². The van der Waals surface area contributed by atoms with Crippen LogP contribution in [-0.4, -0.2) is 36.7 Å². The zero-order chi connectivity index (χ0) is 23.5. The first-order valence-corrected chi connectivity index (χ1v) is 11.4. The van der Waals surface area contributed by atoms with Gasteiger partial charge in [-0.3, -0.25) is 9.59 Å². The maximum absolute atomic E-state index is 12.4. The number of carboxylic acid groups (broad SMARTS) is 1. The van der Waals surface area contributed by atoms with Crippen LogP contribution in [0.15, 0.2) is 72.3 Å². The second-order valence-electron chi connectivity index (χ2n) is 8.14. The smallest absolute Gasteiger partial charge is 0.321 e. The normalized spacial score (nSPS) is 13.8. The van der Waals surface area contributed by atoms with Crippen molar-refractivity contribution in [2.45, 2.75) is 44.7 Å². The summed E-state index contributed by atoms with van der Waals surface area (Å²) in [6, 6.07) is 13.9. The summed E-state index contributed by atoms with van der Waals surface area (Å²) in [5.41, 5.74) is 3.75. The van der Waals surface area contributed by atoms with Crippen molar-refractivity contribution < 1.29 is 19.4 Å². The largest absolute Gasteiger partial charge is 0.497 e. The summed E-state index contributed by atoms with van der Waals surface area (Å²) in [4.78, 5) is 24.1. The van der Waals surface area contributed by atoms with Crippen molar-refractivity contribution >= 4 is 11.9 Å². The van der Waals surface area contributed by atoms with E-state index in [-0.39, 0.29) is 5.91 Å². The SMILES string of the molecule is COc1ccc(CN[C@@H](Cc2ccc(C(=O)NCCCC3=CCCC=C3)cc2)C(=O)O)cc1. The van der Waals surface area contributed by atoms with Crippen LogP contribution in [0.25, 0.3) is 0 Å². The number of nitrogens with one attached hydrogen (secondary N) is 2. The number of hydrogen-bond acceptors (Lipinski definition) is 4. The Labute approximate surface area is 195 Å². The predicted molar refractivity (Wildman–Crippen MR) is 129 cm³/mol. The van der Waals surface area contributed by atoms with Crippen LogP contribution in [0.1, 0.15) is 47.2 Å². The van der Waals surface area contributed by atoms with E-state index in [0.29, 0.717) is 25.1 Å². The lowest BCUT2D eigenvalue weighted by Gasteiger charge is -2.15. The fourth-order valence-electron chi connectivity index (χ4n) is 3.71. The monoisotopic (exact) mass is 448 g/mol. The number of amides is 1. The standard InChI is InChI=1S/C27H32N2O4/c1-33-24-15-11-22(12-16-24)19-29-25(27(31)32)18-21-9-13-23(14-10-21)26(30)28-17-5-8-20-6-3-2-4-7-20/h3,6-7,9-16,25,29H,2,4-5,8,17-19H2,1H3,(H,28,30)(H,31,32)/t25-/m0/s1. The van der Waals surface area contributed by atoms with Crippen LogP contribution in [0, 0.1) is 0 Å². The maximum atomic E-state index is 12.4. The van der Waals surface area contributed by atoms with Crippen LogP contribution in [0.4, 0.5) is 0 Å². The van der Waals surface area contributed by atoms with E-state index in [4.69, 9.17) is 4.74 Å². The number of methoxy groups -OCH3 is 1. The molecule has 33 heavy (non-hydrogen) atoms. The van der Waals surface area contributed by atoms with Gasteiger partial charge in [0.25, 0.3) is 5.91 Å². The Hall–Kier alpha value is -3.38. The topological polar surface area (TPSA) is 87.7 Å². The number of hydrogen-bond donors (Lipinski definition) is 3. The third kappa shape index (κ3) is 7.91. The predicted octanol–water partition coefficient (Wildman–Crippen LogP) is 4.27. The van der Waals surface area contributed by atoms with E-state index in [1.807, 2.05) is 36.4 Å². The molecule has 1 amide bonds. The van der Waals surface area contributed by atoms with Gasteiger partial charge < -0.3 is 20.5 Å². The van der Waals surface area contributed by atoms with Gasteiger partial charge in [-0.1, -0.05) is 48.1 Å². The molecule has 0 fully saturated rings. The molecular formula is C27H32N2O4. The van der Waals surface area contributed by atoms with Gasteiger partial charge in [-0.2, -0.15) is 0 Å². The molecule has 0 radical (unpaired) electrons. The molecule has 0 spiro atoms. The highest BCUT2D eigenvalue weighted by molar-refractivity contribution is 5.94. The first-order chi connectivity index (χ1) is 16.0. The zero-order valence-corrected chi connectivity index (χ0v) is 19.0. The molecular weight excluding hydrogens is 416 g/mol. The average Bonchev–Trinajstić information content (AvgIpc) is 2.85. The molecule has 0 aromatic heterocycles. The molecule has 3 rings (SSSR count). The van der Waals surface area contributed by atoms with Crippen molar-refractivity contribution in [1.82, 2.24) is 10.6 Å². The van der Waals surface area contributed by atoms with E-state index in [0.717, 1.165) is 42.6 Å². The van der Waals surface area contributed by atoms with E-state index in [2.05, 4.69) is 28.9 Å². The minimum atomic E-state index is -0.909. The van der Waals surface area contributed by atoms with Gasteiger partial charge in [0.1, 0.15) is 11.8 Å². The molecule has 0 saturated carbocycles. The van der Waals surface area contributed by atoms with Crippen LogP contribution >= 0.6 is 0 Å². The molecule has 0 heterocycles. The summed E-state index contributed by atoms with van der Waals surface area (Å²) >= 11 is 0. The molecule has 174 valence electrons. The molecule has 6 heteroatoms. The van der Waals surface area contributed by atoms with Gasteiger partial charge in [0.05, 0.1) is 7.11 Å². The number of aliphatic carboxylic acids is 1. The minimum absolute atomic E-state index is 0.109. The third-order valence-electron chi connectivity index (χ3n) is 5.67. The van der Waals surface area contributed by atoms with Crippen molar-refractivity contribution in [3.8, 4) is 5.75 Å². The van der Waals surface area contributed by atoms with Gasteiger partial charge >= 0.3 is 5.97 Å². The summed E-state index contributed by atoms with van der Waals surface area (Å²) in [6.45, 7) is 1.07. The summed E-state index contributed by atoms with van der Waals surface area (Å²) in [5.74, 6) is -0.258. The van der Waals surface area contributed by atoms with Crippen molar-refractivity contribution in [1.29, 1.82) is 0 Å². The Morgan fingerprint density at radius 2 is 1.76 bits per heavy atom. The number of allylic oxidation sites excluding steroid dienone is 4. The Bertz CT molecular complexity index is 978. The summed E-state index contributed by atoms with van der Waals surface area (Å²) < 4.78 is 5.14. The summed E-state index contributed by atoms with van der Waals surface area (Å²) in [6.07, 6.45) is 11.0. The molecule has 6 nitrogen and oxygen atoms in total. The second kappa shape index (κ2) is 12.6. The number of carboxylic acids is 1. The van der Waals surface area contributed by atoms with Crippen LogP contribution in [-0.2, 0) is 17.8 Å². The van der Waals surface area contributed by atoms with Gasteiger partial charge in [-0.15, -0.1) is 0 Å². The summed E-state index contributed by atoms with van der Waals surface area (Å²) in [5, 5.41) is 15.6. The van der Waals surface area contributed by atoms with Gasteiger partial charge in [-0.05, 0) is 67.5 Å². The lowest BCUT2D eigenvalue weighted by molar-refractivity contribution is -0.139. The number of carbonyl (C=O) groups excluding carboxylic acids is 1. The van der Waals surface area contributed by atoms with Crippen LogP contribution in [0.3, 0.4) is 0 Å². The van der Waals surface area contributed by atoms with Gasteiger partial charge in [0.15, 0.2) is 0 Å². The number of ether oxygens (including phenoxy) is 1. The Morgan fingerprint density at radius 3 is 2.39 bits per heavy atom. The fourth-order valence-corrected chi connectivity index (χ4v) is 3.71. The first kappa shape index (κ1) is 24.3. The first-order valence-electron chi connectivity index (χ1n) is 11.4. The molecule has 1 aliphatic carbocycles. The van der Waals surface area contributed by atoms with Crippen molar-refractivity contribution in [2.75, 3.05) is 13.7 Å². The number of carbonyl (C=O) groups is 2.